The Morgan fingerprint density at radius 1 is 1.16 bits per heavy atom. The van der Waals surface area contributed by atoms with Crippen LogP contribution in [-0.2, 0) is 11.2 Å². The molecule has 1 N–H and O–H groups in total. The Morgan fingerprint density at radius 3 is 2.48 bits per heavy atom. The minimum Gasteiger partial charge on any atom is -0.481 e. The lowest BCUT2D eigenvalue weighted by Crippen LogP contribution is -2.31. The molecule has 3 rings (SSSR count). The number of aliphatic carboxylic acids is 1. The first-order valence-electron chi connectivity index (χ1n) is 8.25. The van der Waals surface area contributed by atoms with Gasteiger partial charge in [0.1, 0.15) is 0 Å². The SMILES string of the molecule is CCc1ccc(C(=O)c2ccccc2C(=O)N2CC[C@H](C(=O)O)C2)s1. The third-order valence-corrected chi connectivity index (χ3v) is 5.69. The van der Waals surface area contributed by atoms with Gasteiger partial charge in [-0.05, 0) is 31.0 Å². The van der Waals surface area contributed by atoms with E-state index < -0.39 is 11.9 Å². The van der Waals surface area contributed by atoms with Gasteiger partial charge in [-0.2, -0.15) is 0 Å². The maximum Gasteiger partial charge on any atom is 0.308 e. The Bertz CT molecular complexity index is 826. The summed E-state index contributed by atoms with van der Waals surface area (Å²) < 4.78 is 0. The van der Waals surface area contributed by atoms with Crippen molar-refractivity contribution in [1.82, 2.24) is 4.90 Å². The highest BCUT2D eigenvalue weighted by Crippen LogP contribution is 2.25. The summed E-state index contributed by atoms with van der Waals surface area (Å²) in [5.41, 5.74) is 0.709. The molecule has 0 saturated carbocycles. The lowest BCUT2D eigenvalue weighted by molar-refractivity contribution is -0.141. The molecule has 5 nitrogen and oxygen atoms in total. The molecule has 2 heterocycles. The van der Waals surface area contributed by atoms with Crippen molar-refractivity contribution in [3.05, 3.63) is 57.3 Å². The number of carbonyl (C=O) groups is 3. The van der Waals surface area contributed by atoms with Crippen LogP contribution in [0.1, 0.15) is 43.8 Å². The smallest absolute Gasteiger partial charge is 0.308 e. The summed E-state index contributed by atoms with van der Waals surface area (Å²) in [6.45, 7) is 2.62. The van der Waals surface area contributed by atoms with Crippen molar-refractivity contribution in [2.24, 2.45) is 5.92 Å². The summed E-state index contributed by atoms with van der Waals surface area (Å²) in [6, 6.07) is 10.5. The van der Waals surface area contributed by atoms with E-state index in [9.17, 15) is 14.4 Å². The Balaban J connectivity index is 1.87. The second-order valence-corrected chi connectivity index (χ2v) is 7.24. The number of hydrogen-bond acceptors (Lipinski definition) is 4. The van der Waals surface area contributed by atoms with Gasteiger partial charge in [0.25, 0.3) is 5.91 Å². The number of ketones is 1. The molecule has 0 unspecified atom stereocenters. The third-order valence-electron chi connectivity index (χ3n) is 4.46. The van der Waals surface area contributed by atoms with Crippen LogP contribution in [0.15, 0.2) is 36.4 Å². The zero-order valence-corrected chi connectivity index (χ0v) is 14.7. The number of aryl methyl sites for hydroxylation is 1. The van der Waals surface area contributed by atoms with Crippen LogP contribution in [0.3, 0.4) is 0 Å². The number of amides is 1. The Hall–Kier alpha value is -2.47. The Morgan fingerprint density at radius 2 is 1.88 bits per heavy atom. The van der Waals surface area contributed by atoms with Crippen molar-refractivity contribution in [2.75, 3.05) is 13.1 Å². The number of thiophene rings is 1. The average Bonchev–Trinajstić information content (AvgIpc) is 3.30. The molecule has 0 aliphatic carbocycles. The summed E-state index contributed by atoms with van der Waals surface area (Å²) in [4.78, 5) is 40.0. The van der Waals surface area contributed by atoms with E-state index in [1.165, 1.54) is 16.2 Å². The van der Waals surface area contributed by atoms with E-state index in [1.807, 2.05) is 13.0 Å². The molecule has 2 aromatic rings. The fourth-order valence-corrected chi connectivity index (χ4v) is 3.91. The van der Waals surface area contributed by atoms with Gasteiger partial charge in [0.05, 0.1) is 16.4 Å². The molecule has 1 aliphatic rings. The van der Waals surface area contributed by atoms with E-state index in [0.717, 1.165) is 11.3 Å². The number of carboxylic acid groups (broad SMARTS) is 1. The van der Waals surface area contributed by atoms with E-state index in [0.29, 0.717) is 29.0 Å². The van der Waals surface area contributed by atoms with Crippen molar-refractivity contribution in [3.63, 3.8) is 0 Å². The van der Waals surface area contributed by atoms with Gasteiger partial charge < -0.3 is 10.0 Å². The number of carboxylic acids is 1. The number of benzene rings is 1. The maximum atomic E-state index is 12.8. The van der Waals surface area contributed by atoms with Crippen molar-refractivity contribution in [3.8, 4) is 0 Å². The fourth-order valence-electron chi connectivity index (χ4n) is 3.01. The molecule has 1 atom stereocenters. The summed E-state index contributed by atoms with van der Waals surface area (Å²) in [7, 11) is 0. The monoisotopic (exact) mass is 357 g/mol. The lowest BCUT2D eigenvalue weighted by atomic mass is 10.0. The summed E-state index contributed by atoms with van der Waals surface area (Å²) in [5, 5.41) is 9.11. The van der Waals surface area contributed by atoms with Crippen LogP contribution < -0.4 is 0 Å². The van der Waals surface area contributed by atoms with E-state index in [1.54, 1.807) is 30.3 Å². The molecule has 1 saturated heterocycles. The standard InChI is InChI=1S/C19H19NO4S/c1-2-13-7-8-16(25-13)17(21)14-5-3-4-6-15(14)18(22)20-10-9-12(11-20)19(23)24/h3-8,12H,2,9-11H2,1H3,(H,23,24)/t12-/m0/s1. The van der Waals surface area contributed by atoms with Gasteiger partial charge in [-0.1, -0.05) is 25.1 Å². The van der Waals surface area contributed by atoms with Crippen LogP contribution in [0.2, 0.25) is 0 Å². The van der Waals surface area contributed by atoms with E-state index in [4.69, 9.17) is 5.11 Å². The van der Waals surface area contributed by atoms with Gasteiger partial charge in [0.15, 0.2) is 0 Å². The highest BCUT2D eigenvalue weighted by molar-refractivity contribution is 7.14. The molecule has 1 aromatic heterocycles. The molecule has 1 aromatic carbocycles. The summed E-state index contributed by atoms with van der Waals surface area (Å²) in [5.74, 6) is -1.86. The molecule has 1 amide bonds. The molecule has 130 valence electrons. The van der Waals surface area contributed by atoms with Crippen LogP contribution >= 0.6 is 11.3 Å². The minimum atomic E-state index is -0.884. The largest absolute Gasteiger partial charge is 0.481 e. The number of rotatable bonds is 5. The van der Waals surface area contributed by atoms with Gasteiger partial charge in [-0.3, -0.25) is 14.4 Å². The quantitative estimate of drug-likeness (QED) is 0.835. The zero-order valence-electron chi connectivity index (χ0n) is 13.9. The molecule has 1 fully saturated rings. The van der Waals surface area contributed by atoms with Crippen molar-refractivity contribution in [1.29, 1.82) is 0 Å². The first-order chi connectivity index (χ1) is 12.0. The molecule has 6 heteroatoms. The van der Waals surface area contributed by atoms with Gasteiger partial charge in [-0.25, -0.2) is 0 Å². The third kappa shape index (κ3) is 3.49. The molecule has 0 radical (unpaired) electrons. The normalized spacial score (nSPS) is 16.8. The summed E-state index contributed by atoms with van der Waals surface area (Å²) >= 11 is 1.44. The van der Waals surface area contributed by atoms with Gasteiger partial charge in [-0.15, -0.1) is 11.3 Å². The Kier molecular flexibility index (Phi) is 4.99. The van der Waals surface area contributed by atoms with Gasteiger partial charge in [0.2, 0.25) is 5.78 Å². The number of carbonyl (C=O) groups excluding carboxylic acids is 2. The van der Waals surface area contributed by atoms with Crippen molar-refractivity contribution < 1.29 is 19.5 Å². The fraction of sp³-hybridized carbons (Fsp3) is 0.316. The first kappa shape index (κ1) is 17.4. The first-order valence-corrected chi connectivity index (χ1v) is 9.07. The van der Waals surface area contributed by atoms with E-state index >= 15 is 0 Å². The van der Waals surface area contributed by atoms with Crippen LogP contribution in [-0.4, -0.2) is 40.8 Å². The van der Waals surface area contributed by atoms with Crippen LogP contribution in [0.5, 0.6) is 0 Å². The Labute approximate surface area is 149 Å². The second kappa shape index (κ2) is 7.19. The highest BCUT2D eigenvalue weighted by atomic mass is 32.1. The van der Waals surface area contributed by atoms with Gasteiger partial charge in [0, 0.05) is 23.5 Å². The molecule has 25 heavy (non-hydrogen) atoms. The topological polar surface area (TPSA) is 74.7 Å². The predicted molar refractivity (Wildman–Crippen MR) is 95.2 cm³/mol. The van der Waals surface area contributed by atoms with E-state index in [2.05, 4.69) is 0 Å². The number of likely N-dealkylation sites (tertiary alicyclic amines) is 1. The highest BCUT2D eigenvalue weighted by Gasteiger charge is 2.32. The maximum absolute atomic E-state index is 12.8. The molecular formula is C19H19NO4S. The van der Waals surface area contributed by atoms with Crippen molar-refractivity contribution >= 4 is 29.0 Å². The van der Waals surface area contributed by atoms with Gasteiger partial charge >= 0.3 is 5.97 Å². The van der Waals surface area contributed by atoms with Crippen LogP contribution in [0.4, 0.5) is 0 Å². The number of nitrogens with zero attached hydrogens (tertiary/aromatic N) is 1. The molecular weight excluding hydrogens is 338 g/mol. The van der Waals surface area contributed by atoms with E-state index in [-0.39, 0.29) is 18.2 Å². The molecule has 0 spiro atoms. The molecule has 0 bridgehead atoms. The average molecular weight is 357 g/mol. The second-order valence-electron chi connectivity index (χ2n) is 6.07. The predicted octanol–water partition coefficient (Wildman–Crippen LogP) is 3.09. The van der Waals surface area contributed by atoms with Crippen molar-refractivity contribution in [2.45, 2.75) is 19.8 Å². The zero-order chi connectivity index (χ0) is 18.0. The summed E-state index contributed by atoms with van der Waals surface area (Å²) in [6.07, 6.45) is 1.31. The lowest BCUT2D eigenvalue weighted by Gasteiger charge is -2.17. The minimum absolute atomic E-state index is 0.164. The number of hydrogen-bond donors (Lipinski definition) is 1. The molecule has 1 aliphatic heterocycles. The van der Waals surface area contributed by atoms with Crippen LogP contribution in [0, 0.1) is 5.92 Å². The van der Waals surface area contributed by atoms with Crippen LogP contribution in [0.25, 0.3) is 0 Å².